The van der Waals surface area contributed by atoms with Gasteiger partial charge in [-0.2, -0.15) is 13.2 Å². The van der Waals surface area contributed by atoms with E-state index >= 15 is 0 Å². The van der Waals surface area contributed by atoms with Crippen molar-refractivity contribution in [3.8, 4) is 16.3 Å². The molecule has 9 heteroatoms. The normalized spacial score (nSPS) is 11.3. The van der Waals surface area contributed by atoms with Crippen LogP contribution in [0, 0.1) is 5.82 Å². The predicted molar refractivity (Wildman–Crippen MR) is 121 cm³/mol. The maximum atomic E-state index is 13.7. The van der Waals surface area contributed by atoms with Gasteiger partial charge in [-0.25, -0.2) is 9.37 Å². The minimum Gasteiger partial charge on any atom is -0.489 e. The van der Waals surface area contributed by atoms with Gasteiger partial charge in [-0.15, -0.1) is 11.3 Å². The number of alkyl halides is 3. The van der Waals surface area contributed by atoms with Crippen LogP contribution in [0.2, 0.25) is 0 Å². The number of carbonyl (C=O) groups is 1. The summed E-state index contributed by atoms with van der Waals surface area (Å²) in [5, 5.41) is 4.78. The molecule has 0 aliphatic heterocycles. The second-order valence-corrected chi connectivity index (χ2v) is 8.18. The molecule has 1 aromatic heterocycles. The second-order valence-electron chi connectivity index (χ2n) is 7.32. The number of hydrogen-bond acceptors (Lipinski definition) is 4. The molecule has 3 aromatic carbocycles. The zero-order valence-corrected chi connectivity index (χ0v) is 18.4. The summed E-state index contributed by atoms with van der Waals surface area (Å²) in [5.41, 5.74) is 0.959. The van der Waals surface area contributed by atoms with Crippen LogP contribution in [0.3, 0.4) is 0 Å². The van der Waals surface area contributed by atoms with E-state index in [1.54, 1.807) is 47.8 Å². The lowest BCUT2D eigenvalue weighted by Crippen LogP contribution is -2.23. The first-order valence-electron chi connectivity index (χ1n) is 10.2. The molecule has 4 nitrogen and oxygen atoms in total. The van der Waals surface area contributed by atoms with Crippen LogP contribution in [-0.2, 0) is 19.3 Å². The lowest BCUT2D eigenvalue weighted by atomic mass is 10.1. The third kappa shape index (κ3) is 5.79. The Morgan fingerprint density at radius 3 is 2.50 bits per heavy atom. The molecule has 1 amide bonds. The van der Waals surface area contributed by atoms with E-state index in [0.29, 0.717) is 21.9 Å². The zero-order valence-electron chi connectivity index (χ0n) is 17.6. The largest absolute Gasteiger partial charge is 0.489 e. The number of hydrogen-bond donors (Lipinski definition) is 1. The third-order valence-electron chi connectivity index (χ3n) is 4.90. The summed E-state index contributed by atoms with van der Waals surface area (Å²) in [4.78, 5) is 16.7. The Balaban J connectivity index is 1.35. The van der Waals surface area contributed by atoms with Crippen LogP contribution in [0.25, 0.3) is 10.6 Å². The van der Waals surface area contributed by atoms with Gasteiger partial charge in [-0.1, -0.05) is 30.3 Å². The van der Waals surface area contributed by atoms with Crippen LogP contribution in [0.4, 0.5) is 17.6 Å². The molecule has 0 atom stereocenters. The summed E-state index contributed by atoms with van der Waals surface area (Å²) in [7, 11) is 0. The van der Waals surface area contributed by atoms with E-state index in [1.165, 1.54) is 29.5 Å². The van der Waals surface area contributed by atoms with E-state index in [1.807, 2.05) is 0 Å². The van der Waals surface area contributed by atoms with Gasteiger partial charge < -0.3 is 10.1 Å². The predicted octanol–water partition coefficient (Wildman–Crippen LogP) is 6.48. The lowest BCUT2D eigenvalue weighted by molar-refractivity contribution is -0.137. The van der Waals surface area contributed by atoms with Crippen molar-refractivity contribution >= 4 is 17.2 Å². The molecular weight excluding hydrogens is 468 g/mol. The minimum atomic E-state index is -4.44. The molecule has 174 valence electrons. The highest BCUT2D eigenvalue weighted by Gasteiger charge is 2.30. The van der Waals surface area contributed by atoms with E-state index < -0.39 is 17.6 Å². The Labute approximate surface area is 196 Å². The standard InChI is InChI=1S/C25H18F4N2O2S/c26-21-7-2-1-5-18(21)14-33-20-10-8-17(9-11-20)24-31-22(15-34-24)23(32)30-13-16-4-3-6-19(12-16)25(27,28)29/h1-12,15H,13-14H2,(H,30,32). The molecular formula is C25H18F4N2O2S. The van der Waals surface area contributed by atoms with Crippen LogP contribution in [0.15, 0.2) is 78.2 Å². The highest BCUT2D eigenvalue weighted by Crippen LogP contribution is 2.30. The van der Waals surface area contributed by atoms with Crippen LogP contribution in [0.1, 0.15) is 27.2 Å². The van der Waals surface area contributed by atoms with Gasteiger partial charge in [0.1, 0.15) is 28.9 Å². The lowest BCUT2D eigenvalue weighted by Gasteiger charge is -2.09. The van der Waals surface area contributed by atoms with Gasteiger partial charge in [0.2, 0.25) is 0 Å². The number of benzene rings is 3. The van der Waals surface area contributed by atoms with E-state index in [4.69, 9.17) is 4.74 Å². The summed E-state index contributed by atoms with van der Waals surface area (Å²) in [6.45, 7) is 0.0448. The minimum absolute atomic E-state index is 0.0519. The molecule has 0 aliphatic carbocycles. The maximum absolute atomic E-state index is 13.7. The highest BCUT2D eigenvalue weighted by atomic mass is 32.1. The number of aromatic nitrogens is 1. The van der Waals surface area contributed by atoms with Crippen molar-refractivity contribution in [1.29, 1.82) is 0 Å². The fourth-order valence-electron chi connectivity index (χ4n) is 3.11. The van der Waals surface area contributed by atoms with E-state index in [2.05, 4.69) is 10.3 Å². The molecule has 0 saturated heterocycles. The average molecular weight is 486 g/mol. The molecule has 4 aromatic rings. The van der Waals surface area contributed by atoms with Gasteiger partial charge in [-0.05, 0) is 48.0 Å². The topological polar surface area (TPSA) is 51.2 Å². The van der Waals surface area contributed by atoms with E-state index in [9.17, 15) is 22.4 Å². The van der Waals surface area contributed by atoms with Crippen LogP contribution >= 0.6 is 11.3 Å². The fraction of sp³-hybridized carbons (Fsp3) is 0.120. The summed E-state index contributed by atoms with van der Waals surface area (Å²) in [6.07, 6.45) is -4.44. The summed E-state index contributed by atoms with van der Waals surface area (Å²) in [6, 6.07) is 18.2. The molecule has 1 N–H and O–H groups in total. The van der Waals surface area contributed by atoms with Gasteiger partial charge in [0.25, 0.3) is 5.91 Å². The highest BCUT2D eigenvalue weighted by molar-refractivity contribution is 7.13. The molecule has 0 aliphatic rings. The molecule has 0 fully saturated rings. The molecule has 0 saturated carbocycles. The Kier molecular flexibility index (Phi) is 6.93. The zero-order chi connectivity index (χ0) is 24.1. The number of carbonyl (C=O) groups excluding carboxylic acids is 1. The smallest absolute Gasteiger partial charge is 0.416 e. The fourth-order valence-corrected chi connectivity index (χ4v) is 3.92. The third-order valence-corrected chi connectivity index (χ3v) is 5.79. The monoisotopic (exact) mass is 486 g/mol. The van der Waals surface area contributed by atoms with Crippen LogP contribution in [0.5, 0.6) is 5.75 Å². The van der Waals surface area contributed by atoms with Gasteiger partial charge in [0.05, 0.1) is 5.56 Å². The summed E-state index contributed by atoms with van der Waals surface area (Å²) >= 11 is 1.27. The van der Waals surface area contributed by atoms with Crippen LogP contribution < -0.4 is 10.1 Å². The molecule has 0 bridgehead atoms. The number of ether oxygens (including phenoxy) is 1. The summed E-state index contributed by atoms with van der Waals surface area (Å²) in [5.74, 6) is -0.256. The Bertz CT molecular complexity index is 1290. The first-order valence-corrected chi connectivity index (χ1v) is 11.0. The van der Waals surface area contributed by atoms with Crippen molar-refractivity contribution < 1.29 is 27.1 Å². The second kappa shape index (κ2) is 10.0. The number of amides is 1. The number of nitrogens with one attached hydrogen (secondary N) is 1. The Hall–Kier alpha value is -3.72. The van der Waals surface area contributed by atoms with Crippen molar-refractivity contribution in [2.24, 2.45) is 0 Å². The van der Waals surface area contributed by atoms with Crippen molar-refractivity contribution in [1.82, 2.24) is 10.3 Å². The van der Waals surface area contributed by atoms with Crippen LogP contribution in [-0.4, -0.2) is 10.9 Å². The SMILES string of the molecule is O=C(NCc1cccc(C(F)(F)F)c1)c1csc(-c2ccc(OCc3ccccc3F)cc2)n1. The van der Waals surface area contributed by atoms with Gasteiger partial charge in [0, 0.05) is 23.1 Å². The Morgan fingerprint density at radius 2 is 1.76 bits per heavy atom. The van der Waals surface area contributed by atoms with Gasteiger partial charge in [-0.3, -0.25) is 4.79 Å². The van der Waals surface area contributed by atoms with Crippen molar-refractivity contribution in [3.05, 3.63) is 106 Å². The summed E-state index contributed by atoms with van der Waals surface area (Å²) < 4.78 is 57.8. The van der Waals surface area contributed by atoms with Gasteiger partial charge >= 0.3 is 6.18 Å². The molecule has 0 radical (unpaired) electrons. The van der Waals surface area contributed by atoms with Gasteiger partial charge in [0.15, 0.2) is 0 Å². The number of halogens is 4. The molecule has 34 heavy (non-hydrogen) atoms. The quantitative estimate of drug-likeness (QED) is 0.304. The first kappa shape index (κ1) is 23.4. The maximum Gasteiger partial charge on any atom is 0.416 e. The Morgan fingerprint density at radius 1 is 1.00 bits per heavy atom. The van der Waals surface area contributed by atoms with Crippen molar-refractivity contribution in [2.45, 2.75) is 19.3 Å². The molecule has 4 rings (SSSR count). The first-order chi connectivity index (χ1) is 16.3. The van der Waals surface area contributed by atoms with Crippen molar-refractivity contribution in [3.63, 3.8) is 0 Å². The number of thiazole rings is 1. The molecule has 1 heterocycles. The average Bonchev–Trinajstić information content (AvgIpc) is 3.32. The molecule has 0 unspecified atom stereocenters. The number of nitrogens with zero attached hydrogens (tertiary/aromatic N) is 1. The number of rotatable bonds is 7. The van der Waals surface area contributed by atoms with E-state index in [0.717, 1.165) is 17.7 Å². The van der Waals surface area contributed by atoms with Crippen molar-refractivity contribution in [2.75, 3.05) is 0 Å². The molecule has 0 spiro atoms. The van der Waals surface area contributed by atoms with E-state index in [-0.39, 0.29) is 24.7 Å².